The van der Waals surface area contributed by atoms with E-state index in [4.69, 9.17) is 5.26 Å². The number of benzene rings is 2. The molecule has 0 heterocycles. The van der Waals surface area contributed by atoms with Crippen LogP contribution in [0.5, 0.6) is 0 Å². The van der Waals surface area contributed by atoms with Crippen LogP contribution in [0.25, 0.3) is 0 Å². The first-order valence-electron chi connectivity index (χ1n) is 5.75. The van der Waals surface area contributed by atoms with E-state index in [1.54, 1.807) is 31.2 Å². The van der Waals surface area contributed by atoms with Crippen molar-refractivity contribution in [2.24, 2.45) is 0 Å². The van der Waals surface area contributed by atoms with E-state index in [0.29, 0.717) is 11.1 Å². The smallest absolute Gasteiger partial charge is 0.166 e. The Morgan fingerprint density at radius 3 is 2.05 bits per heavy atom. The molecule has 0 aliphatic carbocycles. The summed E-state index contributed by atoms with van der Waals surface area (Å²) in [6, 6.07) is 8.23. The zero-order valence-electron chi connectivity index (χ0n) is 10.4. The van der Waals surface area contributed by atoms with Crippen LogP contribution in [-0.2, 0) is 0 Å². The maximum absolute atomic E-state index is 13.8. The third kappa shape index (κ3) is 2.25. The Kier molecular flexibility index (Phi) is 3.75. The molecule has 2 aromatic carbocycles. The first-order valence-corrected chi connectivity index (χ1v) is 5.75. The lowest BCUT2D eigenvalue weighted by molar-refractivity contribution is 0.438. The fraction of sp³-hybridized carbons (Fsp3) is 0.133. The van der Waals surface area contributed by atoms with E-state index in [9.17, 15) is 17.6 Å². The molecule has 0 saturated carbocycles. The molecule has 0 amide bonds. The van der Waals surface area contributed by atoms with E-state index < -0.39 is 34.8 Å². The Bertz CT molecular complexity index is 678. The third-order valence-electron chi connectivity index (χ3n) is 3.06. The number of aryl methyl sites for hydroxylation is 1. The molecule has 20 heavy (non-hydrogen) atoms. The van der Waals surface area contributed by atoms with Crippen molar-refractivity contribution in [3.8, 4) is 6.07 Å². The summed E-state index contributed by atoms with van der Waals surface area (Å²) in [7, 11) is 0. The lowest BCUT2D eigenvalue weighted by Crippen LogP contribution is -2.10. The summed E-state index contributed by atoms with van der Waals surface area (Å²) in [4.78, 5) is 0. The van der Waals surface area contributed by atoms with Gasteiger partial charge in [-0.1, -0.05) is 24.3 Å². The summed E-state index contributed by atoms with van der Waals surface area (Å²) >= 11 is 0. The first kappa shape index (κ1) is 14.1. The van der Waals surface area contributed by atoms with E-state index >= 15 is 0 Å². The number of nitrogens with zero attached hydrogens (tertiary/aromatic N) is 1. The predicted molar refractivity (Wildman–Crippen MR) is 64.9 cm³/mol. The normalized spacial score (nSPS) is 12.0. The highest BCUT2D eigenvalue weighted by Crippen LogP contribution is 2.32. The minimum absolute atomic E-state index is 0.125. The van der Waals surface area contributed by atoms with Crippen LogP contribution in [-0.4, -0.2) is 0 Å². The van der Waals surface area contributed by atoms with Gasteiger partial charge in [-0.15, -0.1) is 0 Å². The summed E-state index contributed by atoms with van der Waals surface area (Å²) < 4.78 is 54.0. The summed E-state index contributed by atoms with van der Waals surface area (Å²) in [5.74, 6) is -7.54. The van der Waals surface area contributed by atoms with Gasteiger partial charge in [0.15, 0.2) is 23.3 Å². The molecule has 5 heteroatoms. The van der Waals surface area contributed by atoms with Crippen LogP contribution < -0.4 is 0 Å². The first-order chi connectivity index (χ1) is 9.47. The van der Waals surface area contributed by atoms with Gasteiger partial charge in [-0.05, 0) is 18.1 Å². The number of halogens is 4. The van der Waals surface area contributed by atoms with Gasteiger partial charge in [0.05, 0.1) is 11.6 Å². The zero-order valence-corrected chi connectivity index (χ0v) is 10.4. The molecule has 1 unspecified atom stereocenters. The maximum atomic E-state index is 13.8. The average molecular weight is 279 g/mol. The molecular formula is C15H9F4N. The molecule has 0 aliphatic rings. The standard InChI is InChI=1S/C15H9F4N/c1-8-4-2-3-5-9(8)10(7-20)13-14(18)11(16)6-12(17)15(13)19/h2-6,10H,1H3. The van der Waals surface area contributed by atoms with Gasteiger partial charge >= 0.3 is 0 Å². The van der Waals surface area contributed by atoms with E-state index in [2.05, 4.69) is 0 Å². The number of hydrogen-bond donors (Lipinski definition) is 0. The predicted octanol–water partition coefficient (Wildman–Crippen LogP) is 4.21. The van der Waals surface area contributed by atoms with Crippen LogP contribution in [0, 0.1) is 41.5 Å². The van der Waals surface area contributed by atoms with Gasteiger partial charge in [0.25, 0.3) is 0 Å². The minimum atomic E-state index is -1.54. The Balaban J connectivity index is 2.72. The van der Waals surface area contributed by atoms with Crippen LogP contribution >= 0.6 is 0 Å². The Hall–Kier alpha value is -2.35. The fourth-order valence-electron chi connectivity index (χ4n) is 2.05. The van der Waals surface area contributed by atoms with Crippen molar-refractivity contribution in [3.63, 3.8) is 0 Å². The molecular weight excluding hydrogens is 270 g/mol. The molecule has 0 saturated heterocycles. The van der Waals surface area contributed by atoms with Crippen molar-refractivity contribution >= 4 is 0 Å². The van der Waals surface area contributed by atoms with E-state index in [-0.39, 0.29) is 6.07 Å². The lowest BCUT2D eigenvalue weighted by Gasteiger charge is -2.15. The molecule has 1 atom stereocenters. The fourth-order valence-corrected chi connectivity index (χ4v) is 2.05. The molecule has 0 aromatic heterocycles. The summed E-state index contributed by atoms with van der Waals surface area (Å²) in [6.45, 7) is 1.64. The molecule has 0 N–H and O–H groups in total. The SMILES string of the molecule is Cc1ccccc1C(C#N)c1c(F)c(F)cc(F)c1F. The zero-order chi connectivity index (χ0) is 14.9. The third-order valence-corrected chi connectivity index (χ3v) is 3.06. The van der Waals surface area contributed by atoms with Crippen molar-refractivity contribution in [3.05, 3.63) is 70.3 Å². The van der Waals surface area contributed by atoms with Gasteiger partial charge in [0.2, 0.25) is 0 Å². The van der Waals surface area contributed by atoms with Crippen molar-refractivity contribution in [1.29, 1.82) is 5.26 Å². The van der Waals surface area contributed by atoms with Crippen LogP contribution in [0.3, 0.4) is 0 Å². The van der Waals surface area contributed by atoms with E-state index in [1.807, 2.05) is 0 Å². The molecule has 1 nitrogen and oxygen atoms in total. The highest BCUT2D eigenvalue weighted by Gasteiger charge is 2.28. The summed E-state index contributed by atoms with van der Waals surface area (Å²) in [5.41, 5.74) is -0.000352. The van der Waals surface area contributed by atoms with Gasteiger partial charge in [-0.2, -0.15) is 5.26 Å². The molecule has 0 spiro atoms. The van der Waals surface area contributed by atoms with Crippen LogP contribution in [0.1, 0.15) is 22.6 Å². The highest BCUT2D eigenvalue weighted by molar-refractivity contribution is 5.43. The quantitative estimate of drug-likeness (QED) is 0.597. The van der Waals surface area contributed by atoms with Gasteiger partial charge in [0, 0.05) is 6.07 Å². The Labute approximate surface area is 113 Å². The number of rotatable bonds is 2. The topological polar surface area (TPSA) is 23.8 Å². The van der Waals surface area contributed by atoms with Gasteiger partial charge < -0.3 is 0 Å². The second kappa shape index (κ2) is 5.33. The van der Waals surface area contributed by atoms with Gasteiger partial charge in [-0.3, -0.25) is 0 Å². The van der Waals surface area contributed by atoms with Gasteiger partial charge in [-0.25, -0.2) is 17.6 Å². The average Bonchev–Trinajstić information content (AvgIpc) is 2.42. The molecule has 0 radical (unpaired) electrons. The minimum Gasteiger partial charge on any atom is -0.204 e. The van der Waals surface area contributed by atoms with Crippen molar-refractivity contribution in [1.82, 2.24) is 0 Å². The molecule has 0 bridgehead atoms. The monoisotopic (exact) mass is 279 g/mol. The molecule has 2 aromatic rings. The number of nitriles is 1. The summed E-state index contributed by atoms with van der Waals surface area (Å²) in [5, 5.41) is 9.16. The van der Waals surface area contributed by atoms with Crippen LogP contribution in [0.2, 0.25) is 0 Å². The van der Waals surface area contributed by atoms with Crippen molar-refractivity contribution < 1.29 is 17.6 Å². The Morgan fingerprint density at radius 1 is 1.00 bits per heavy atom. The van der Waals surface area contributed by atoms with Crippen LogP contribution in [0.4, 0.5) is 17.6 Å². The molecule has 0 aliphatic heterocycles. The van der Waals surface area contributed by atoms with E-state index in [0.717, 1.165) is 0 Å². The van der Waals surface area contributed by atoms with Crippen LogP contribution in [0.15, 0.2) is 30.3 Å². The molecule has 2 rings (SSSR count). The lowest BCUT2D eigenvalue weighted by atomic mass is 9.89. The van der Waals surface area contributed by atoms with Crippen molar-refractivity contribution in [2.45, 2.75) is 12.8 Å². The largest absolute Gasteiger partial charge is 0.204 e. The Morgan fingerprint density at radius 2 is 1.55 bits per heavy atom. The van der Waals surface area contributed by atoms with E-state index in [1.165, 1.54) is 6.07 Å². The van der Waals surface area contributed by atoms with Gasteiger partial charge in [0.1, 0.15) is 5.92 Å². The second-order valence-corrected chi connectivity index (χ2v) is 4.30. The maximum Gasteiger partial charge on any atom is 0.166 e. The van der Waals surface area contributed by atoms with Crippen molar-refractivity contribution in [2.75, 3.05) is 0 Å². The summed E-state index contributed by atoms with van der Waals surface area (Å²) in [6.07, 6.45) is 0. The number of hydrogen-bond acceptors (Lipinski definition) is 1. The molecule has 102 valence electrons. The second-order valence-electron chi connectivity index (χ2n) is 4.30. The highest BCUT2D eigenvalue weighted by atomic mass is 19.2. The molecule has 0 fully saturated rings.